The minimum absolute atomic E-state index is 0.227. The number of hydrogen-bond acceptors (Lipinski definition) is 2. The van der Waals surface area contributed by atoms with Crippen molar-refractivity contribution in [2.24, 2.45) is 0 Å². The van der Waals surface area contributed by atoms with E-state index in [-0.39, 0.29) is 5.82 Å². The monoisotopic (exact) mass is 271 g/mol. The lowest BCUT2D eigenvalue weighted by atomic mass is 10.1. The van der Waals surface area contributed by atoms with Gasteiger partial charge in [0.25, 0.3) is 0 Å². The van der Waals surface area contributed by atoms with Gasteiger partial charge in [0.1, 0.15) is 5.82 Å². The summed E-state index contributed by atoms with van der Waals surface area (Å²) >= 11 is 4.78. The lowest BCUT2D eigenvalue weighted by Crippen LogP contribution is -1.85. The first-order valence-electron chi connectivity index (χ1n) is 4.04. The third-order valence-electron chi connectivity index (χ3n) is 1.95. The summed E-state index contributed by atoms with van der Waals surface area (Å²) in [6.45, 7) is 1.95. The van der Waals surface area contributed by atoms with Crippen molar-refractivity contribution in [1.82, 2.24) is 4.98 Å². The van der Waals surface area contributed by atoms with Gasteiger partial charge in [0.15, 0.2) is 3.92 Å². The van der Waals surface area contributed by atoms with Gasteiger partial charge in [-0.15, -0.1) is 11.3 Å². The van der Waals surface area contributed by atoms with E-state index in [2.05, 4.69) is 20.9 Å². The van der Waals surface area contributed by atoms with Crippen LogP contribution in [0.1, 0.15) is 5.56 Å². The van der Waals surface area contributed by atoms with Gasteiger partial charge in [0.2, 0.25) is 0 Å². The molecule has 2 rings (SSSR count). The van der Waals surface area contributed by atoms with Crippen molar-refractivity contribution in [3.8, 4) is 11.3 Å². The van der Waals surface area contributed by atoms with Crippen LogP contribution in [0, 0.1) is 12.7 Å². The van der Waals surface area contributed by atoms with E-state index in [1.165, 1.54) is 23.5 Å². The van der Waals surface area contributed by atoms with Crippen LogP contribution in [0.5, 0.6) is 0 Å². The predicted molar refractivity (Wildman–Crippen MR) is 59.9 cm³/mol. The average molecular weight is 272 g/mol. The highest BCUT2D eigenvalue weighted by Gasteiger charge is 2.06. The Morgan fingerprint density at radius 1 is 1.43 bits per heavy atom. The number of aryl methyl sites for hydroxylation is 1. The molecule has 14 heavy (non-hydrogen) atoms. The van der Waals surface area contributed by atoms with Gasteiger partial charge in [-0.2, -0.15) is 0 Å². The maximum atomic E-state index is 13.0. The van der Waals surface area contributed by atoms with E-state index in [0.29, 0.717) is 0 Å². The molecule has 0 spiro atoms. The lowest BCUT2D eigenvalue weighted by molar-refractivity contribution is 0.628. The van der Waals surface area contributed by atoms with Crippen LogP contribution in [0.25, 0.3) is 11.3 Å². The third kappa shape index (κ3) is 1.86. The molecular weight excluding hydrogens is 265 g/mol. The Bertz CT molecular complexity index is 467. The van der Waals surface area contributed by atoms with Crippen LogP contribution in [0.15, 0.2) is 27.5 Å². The molecule has 0 radical (unpaired) electrons. The molecule has 72 valence electrons. The fourth-order valence-corrected chi connectivity index (χ4v) is 2.26. The molecule has 0 N–H and O–H groups in total. The molecule has 0 unspecified atom stereocenters. The van der Waals surface area contributed by atoms with Crippen molar-refractivity contribution in [3.63, 3.8) is 0 Å². The summed E-state index contributed by atoms with van der Waals surface area (Å²) in [5.41, 5.74) is 2.70. The molecule has 1 aromatic carbocycles. The Labute approximate surface area is 93.7 Å². The summed E-state index contributed by atoms with van der Waals surface area (Å²) < 4.78 is 13.8. The average Bonchev–Trinajstić information content (AvgIpc) is 2.56. The zero-order valence-corrected chi connectivity index (χ0v) is 9.82. The van der Waals surface area contributed by atoms with Crippen LogP contribution in [0.3, 0.4) is 0 Å². The second-order valence-corrected chi connectivity index (χ2v) is 5.08. The summed E-state index contributed by atoms with van der Waals surface area (Å²) in [6, 6.07) is 4.73. The molecular formula is C10H7BrFNS. The summed E-state index contributed by atoms with van der Waals surface area (Å²) in [5, 5.41) is 1.91. The second kappa shape index (κ2) is 3.79. The van der Waals surface area contributed by atoms with Crippen molar-refractivity contribution < 1.29 is 4.39 Å². The van der Waals surface area contributed by atoms with Crippen molar-refractivity contribution in [3.05, 3.63) is 38.9 Å². The quantitative estimate of drug-likeness (QED) is 0.764. The van der Waals surface area contributed by atoms with Gasteiger partial charge in [-0.1, -0.05) is 6.07 Å². The molecule has 4 heteroatoms. The molecule has 0 saturated heterocycles. The highest BCUT2D eigenvalue weighted by Crippen LogP contribution is 2.27. The molecule has 1 heterocycles. The van der Waals surface area contributed by atoms with E-state index in [0.717, 1.165) is 20.7 Å². The van der Waals surface area contributed by atoms with Gasteiger partial charge in [-0.05, 0) is 40.5 Å². The second-order valence-electron chi connectivity index (χ2n) is 2.94. The molecule has 0 aliphatic rings. The number of thiazole rings is 1. The van der Waals surface area contributed by atoms with Gasteiger partial charge in [0, 0.05) is 10.9 Å². The van der Waals surface area contributed by atoms with E-state index in [4.69, 9.17) is 0 Å². The molecule has 0 bridgehead atoms. The van der Waals surface area contributed by atoms with Crippen LogP contribution in [-0.4, -0.2) is 4.98 Å². The normalized spacial score (nSPS) is 10.5. The fourth-order valence-electron chi connectivity index (χ4n) is 1.25. The summed E-state index contributed by atoms with van der Waals surface area (Å²) in [5.74, 6) is -0.227. The standard InChI is InChI=1S/C10H7BrFNS/c1-6-2-3-7(12)4-8(6)9-5-14-10(11)13-9/h2-5H,1H3. The molecule has 0 atom stereocenters. The van der Waals surface area contributed by atoms with Gasteiger partial charge in [-0.3, -0.25) is 0 Å². The highest BCUT2D eigenvalue weighted by molar-refractivity contribution is 9.11. The van der Waals surface area contributed by atoms with Crippen LogP contribution < -0.4 is 0 Å². The van der Waals surface area contributed by atoms with Crippen molar-refractivity contribution in [2.45, 2.75) is 6.92 Å². The Morgan fingerprint density at radius 3 is 2.86 bits per heavy atom. The summed E-state index contributed by atoms with van der Waals surface area (Å²) in [7, 11) is 0. The number of aromatic nitrogens is 1. The molecule has 2 aromatic rings. The third-order valence-corrected chi connectivity index (χ3v) is 3.32. The smallest absolute Gasteiger partial charge is 0.159 e. The predicted octanol–water partition coefficient (Wildman–Crippen LogP) is 4.02. The Kier molecular flexibility index (Phi) is 2.65. The van der Waals surface area contributed by atoms with Gasteiger partial charge < -0.3 is 0 Å². The molecule has 0 aliphatic carbocycles. The minimum atomic E-state index is -0.227. The number of benzene rings is 1. The van der Waals surface area contributed by atoms with Gasteiger partial charge in [-0.25, -0.2) is 9.37 Å². The van der Waals surface area contributed by atoms with Crippen LogP contribution in [0.4, 0.5) is 4.39 Å². The number of hydrogen-bond donors (Lipinski definition) is 0. The first-order valence-corrected chi connectivity index (χ1v) is 5.71. The first-order chi connectivity index (χ1) is 6.66. The van der Waals surface area contributed by atoms with Crippen molar-refractivity contribution >= 4 is 27.3 Å². The van der Waals surface area contributed by atoms with Gasteiger partial charge in [0.05, 0.1) is 5.69 Å². The van der Waals surface area contributed by atoms with Crippen LogP contribution in [0.2, 0.25) is 0 Å². The molecule has 0 saturated carbocycles. The van der Waals surface area contributed by atoms with Crippen molar-refractivity contribution in [2.75, 3.05) is 0 Å². The summed E-state index contributed by atoms with van der Waals surface area (Å²) in [4.78, 5) is 4.25. The Morgan fingerprint density at radius 2 is 2.21 bits per heavy atom. The first kappa shape index (κ1) is 9.80. The van der Waals surface area contributed by atoms with E-state index in [9.17, 15) is 4.39 Å². The van der Waals surface area contributed by atoms with E-state index >= 15 is 0 Å². The lowest BCUT2D eigenvalue weighted by Gasteiger charge is -2.01. The van der Waals surface area contributed by atoms with Gasteiger partial charge >= 0.3 is 0 Å². The molecule has 1 nitrogen and oxygen atoms in total. The minimum Gasteiger partial charge on any atom is -0.229 e. The Balaban J connectivity index is 2.55. The molecule has 0 amide bonds. The largest absolute Gasteiger partial charge is 0.229 e. The Hall–Kier alpha value is -0.740. The van der Waals surface area contributed by atoms with E-state index < -0.39 is 0 Å². The van der Waals surface area contributed by atoms with Crippen LogP contribution >= 0.6 is 27.3 Å². The number of nitrogens with zero attached hydrogens (tertiary/aromatic N) is 1. The van der Waals surface area contributed by atoms with E-state index in [1.54, 1.807) is 6.07 Å². The maximum Gasteiger partial charge on any atom is 0.159 e. The topological polar surface area (TPSA) is 12.9 Å². The maximum absolute atomic E-state index is 13.0. The fraction of sp³-hybridized carbons (Fsp3) is 0.100. The number of halogens is 2. The molecule has 0 aliphatic heterocycles. The van der Waals surface area contributed by atoms with E-state index in [1.807, 2.05) is 12.3 Å². The zero-order valence-electron chi connectivity index (χ0n) is 7.42. The highest BCUT2D eigenvalue weighted by atomic mass is 79.9. The zero-order chi connectivity index (χ0) is 10.1. The molecule has 1 aromatic heterocycles. The SMILES string of the molecule is Cc1ccc(F)cc1-c1csc(Br)n1. The van der Waals surface area contributed by atoms with Crippen molar-refractivity contribution in [1.29, 1.82) is 0 Å². The summed E-state index contributed by atoms with van der Waals surface area (Å²) in [6.07, 6.45) is 0. The van der Waals surface area contributed by atoms with Crippen LogP contribution in [-0.2, 0) is 0 Å². The number of rotatable bonds is 1. The molecule has 0 fully saturated rings.